The van der Waals surface area contributed by atoms with Crippen molar-refractivity contribution in [3.05, 3.63) is 78.4 Å². The Bertz CT molecular complexity index is 1050. The van der Waals surface area contributed by atoms with E-state index in [2.05, 4.69) is 20.9 Å². The predicted octanol–water partition coefficient (Wildman–Crippen LogP) is 3.42. The second-order valence-corrected chi connectivity index (χ2v) is 7.53. The van der Waals surface area contributed by atoms with Gasteiger partial charge in [-0.05, 0) is 60.7 Å². The van der Waals surface area contributed by atoms with E-state index in [4.69, 9.17) is 21.7 Å². The molecule has 1 aliphatic rings. The molecule has 160 valence electrons. The second kappa shape index (κ2) is 9.18. The highest BCUT2D eigenvalue weighted by atomic mass is 32.1. The number of rotatable bonds is 7. The monoisotopic (exact) mass is 436 g/mol. The van der Waals surface area contributed by atoms with Crippen molar-refractivity contribution in [1.29, 1.82) is 0 Å². The van der Waals surface area contributed by atoms with Gasteiger partial charge in [0, 0.05) is 30.3 Å². The van der Waals surface area contributed by atoms with Crippen LogP contribution in [0, 0.1) is 0 Å². The van der Waals surface area contributed by atoms with Crippen molar-refractivity contribution in [2.24, 2.45) is 0 Å². The molecule has 0 unspecified atom stereocenters. The summed E-state index contributed by atoms with van der Waals surface area (Å²) in [7, 11) is 3.05. The number of esters is 1. The third-order valence-corrected chi connectivity index (χ3v) is 5.77. The Morgan fingerprint density at radius 1 is 1.13 bits per heavy atom. The molecule has 3 aromatic rings. The van der Waals surface area contributed by atoms with Gasteiger partial charge in [0.05, 0.1) is 38.4 Å². The van der Waals surface area contributed by atoms with Crippen LogP contribution >= 0.6 is 12.2 Å². The number of nitrogens with one attached hydrogen (secondary N) is 1. The highest BCUT2D eigenvalue weighted by Crippen LogP contribution is 2.39. The summed E-state index contributed by atoms with van der Waals surface area (Å²) in [6.45, 7) is 0.445. The van der Waals surface area contributed by atoms with E-state index in [1.807, 2.05) is 59.6 Å². The van der Waals surface area contributed by atoms with Crippen molar-refractivity contribution < 1.29 is 14.3 Å². The Morgan fingerprint density at radius 2 is 1.94 bits per heavy atom. The van der Waals surface area contributed by atoms with E-state index in [1.54, 1.807) is 13.3 Å². The van der Waals surface area contributed by atoms with Crippen LogP contribution in [0.15, 0.2) is 67.0 Å². The lowest BCUT2D eigenvalue weighted by molar-refractivity contribution is -0.140. The van der Waals surface area contributed by atoms with Crippen LogP contribution in [0.25, 0.3) is 5.69 Å². The van der Waals surface area contributed by atoms with Gasteiger partial charge in [-0.25, -0.2) is 0 Å². The Kier molecular flexibility index (Phi) is 6.18. The molecule has 7 nitrogen and oxygen atoms in total. The minimum atomic E-state index is -0.270. The summed E-state index contributed by atoms with van der Waals surface area (Å²) in [5.74, 6) is 0.528. The molecule has 0 bridgehead atoms. The van der Waals surface area contributed by atoms with Crippen LogP contribution in [0.2, 0.25) is 0 Å². The van der Waals surface area contributed by atoms with Gasteiger partial charge in [0.1, 0.15) is 5.75 Å². The number of hydrogen-bond acceptors (Lipinski definition) is 5. The third kappa shape index (κ3) is 4.25. The highest BCUT2D eigenvalue weighted by Gasteiger charge is 2.41. The lowest BCUT2D eigenvalue weighted by atomic mass is 10.0. The number of pyridine rings is 1. The van der Waals surface area contributed by atoms with Gasteiger partial charge >= 0.3 is 5.97 Å². The van der Waals surface area contributed by atoms with Crippen LogP contribution in [0.5, 0.6) is 5.75 Å². The zero-order valence-electron chi connectivity index (χ0n) is 17.4. The molecule has 0 radical (unpaired) electrons. The van der Waals surface area contributed by atoms with E-state index in [0.29, 0.717) is 11.7 Å². The van der Waals surface area contributed by atoms with Crippen molar-refractivity contribution in [3.8, 4) is 11.4 Å². The molecule has 31 heavy (non-hydrogen) atoms. The van der Waals surface area contributed by atoms with Crippen LogP contribution in [0.4, 0.5) is 0 Å². The van der Waals surface area contributed by atoms with Crippen LogP contribution in [0.1, 0.15) is 29.9 Å². The largest absolute Gasteiger partial charge is 0.497 e. The minimum absolute atomic E-state index is 0.149. The quantitative estimate of drug-likeness (QED) is 0.450. The first-order chi connectivity index (χ1) is 15.1. The molecule has 2 aromatic heterocycles. The van der Waals surface area contributed by atoms with Gasteiger partial charge in [0.25, 0.3) is 0 Å². The number of carbonyl (C=O) groups is 1. The molecular weight excluding hydrogens is 412 g/mol. The second-order valence-electron chi connectivity index (χ2n) is 7.15. The number of aromatic nitrogens is 2. The molecule has 4 rings (SSSR count). The lowest BCUT2D eigenvalue weighted by Crippen LogP contribution is -2.32. The summed E-state index contributed by atoms with van der Waals surface area (Å²) in [6.07, 6.45) is 4.04. The van der Waals surface area contributed by atoms with E-state index < -0.39 is 0 Å². The molecule has 1 N–H and O–H groups in total. The lowest BCUT2D eigenvalue weighted by Gasteiger charge is -2.28. The summed E-state index contributed by atoms with van der Waals surface area (Å²) in [6, 6.07) is 17.5. The molecule has 1 aliphatic heterocycles. The first-order valence-electron chi connectivity index (χ1n) is 9.99. The van der Waals surface area contributed by atoms with Gasteiger partial charge in [0.2, 0.25) is 0 Å². The van der Waals surface area contributed by atoms with E-state index >= 15 is 0 Å². The fourth-order valence-corrected chi connectivity index (χ4v) is 4.23. The molecule has 1 fully saturated rings. The van der Waals surface area contributed by atoms with Gasteiger partial charge in [-0.1, -0.05) is 6.07 Å². The summed E-state index contributed by atoms with van der Waals surface area (Å²) >= 11 is 5.66. The van der Waals surface area contributed by atoms with Crippen molar-refractivity contribution >= 4 is 23.3 Å². The fraction of sp³-hybridized carbons (Fsp3) is 0.261. The SMILES string of the molecule is COC(=O)CCN1C(=S)N[C@H](c2ccccn2)[C@@H]1c1cccn1-c1ccc(OC)cc1. The van der Waals surface area contributed by atoms with Crippen LogP contribution in [-0.2, 0) is 9.53 Å². The number of methoxy groups -OCH3 is 2. The average molecular weight is 437 g/mol. The highest BCUT2D eigenvalue weighted by molar-refractivity contribution is 7.80. The summed E-state index contributed by atoms with van der Waals surface area (Å²) in [5.41, 5.74) is 2.93. The van der Waals surface area contributed by atoms with E-state index in [-0.39, 0.29) is 24.5 Å². The Hall–Kier alpha value is -3.39. The normalized spacial score (nSPS) is 18.0. The summed E-state index contributed by atoms with van der Waals surface area (Å²) < 4.78 is 12.3. The van der Waals surface area contributed by atoms with E-state index in [9.17, 15) is 4.79 Å². The van der Waals surface area contributed by atoms with Crippen molar-refractivity contribution in [3.63, 3.8) is 0 Å². The summed E-state index contributed by atoms with van der Waals surface area (Å²) in [5, 5.41) is 4.00. The Balaban J connectivity index is 1.74. The van der Waals surface area contributed by atoms with Crippen LogP contribution < -0.4 is 10.1 Å². The maximum absolute atomic E-state index is 11.8. The molecule has 8 heteroatoms. The van der Waals surface area contributed by atoms with Crippen molar-refractivity contribution in [2.45, 2.75) is 18.5 Å². The molecule has 0 saturated carbocycles. The molecular formula is C23H24N4O3S. The molecule has 2 atom stereocenters. The number of thiocarbonyl (C=S) groups is 1. The van der Waals surface area contributed by atoms with Gasteiger partial charge in [0.15, 0.2) is 5.11 Å². The topological polar surface area (TPSA) is 68.6 Å². The molecule has 1 aromatic carbocycles. The maximum Gasteiger partial charge on any atom is 0.307 e. The number of carbonyl (C=O) groups excluding carboxylic acids is 1. The third-order valence-electron chi connectivity index (χ3n) is 5.42. The molecule has 0 aliphatic carbocycles. The first kappa shape index (κ1) is 20.9. The molecule has 1 saturated heterocycles. The van der Waals surface area contributed by atoms with Gasteiger partial charge in [-0.3, -0.25) is 9.78 Å². The van der Waals surface area contributed by atoms with E-state index in [1.165, 1.54) is 7.11 Å². The van der Waals surface area contributed by atoms with Gasteiger partial charge in [-0.2, -0.15) is 0 Å². The van der Waals surface area contributed by atoms with Crippen LogP contribution in [0.3, 0.4) is 0 Å². The van der Waals surface area contributed by atoms with Gasteiger partial charge in [-0.15, -0.1) is 0 Å². The molecule has 3 heterocycles. The van der Waals surface area contributed by atoms with Gasteiger partial charge < -0.3 is 24.3 Å². The Morgan fingerprint density at radius 3 is 2.61 bits per heavy atom. The van der Waals surface area contributed by atoms with E-state index in [0.717, 1.165) is 22.8 Å². The zero-order valence-corrected chi connectivity index (χ0v) is 18.2. The Labute approximate surface area is 186 Å². The average Bonchev–Trinajstić information content (AvgIpc) is 3.42. The zero-order chi connectivity index (χ0) is 21.8. The number of nitrogens with zero attached hydrogens (tertiary/aromatic N) is 3. The first-order valence-corrected chi connectivity index (χ1v) is 10.4. The fourth-order valence-electron chi connectivity index (χ4n) is 3.89. The number of hydrogen-bond donors (Lipinski definition) is 1. The van der Waals surface area contributed by atoms with Crippen molar-refractivity contribution in [2.75, 3.05) is 20.8 Å². The predicted molar refractivity (Wildman–Crippen MR) is 121 cm³/mol. The maximum atomic E-state index is 11.8. The number of ether oxygens (including phenoxy) is 2. The summed E-state index contributed by atoms with van der Waals surface area (Å²) in [4.78, 5) is 18.4. The standard InChI is InChI=1S/C23H24N4O3S/c1-29-17-10-8-16(9-11-17)26-14-5-7-19(26)22-21(18-6-3-4-13-24-18)25-23(31)27(22)15-12-20(28)30-2/h3-11,13-14,21-22H,12,15H2,1-2H3,(H,25,31)/t21-,22+/m1/s1. The molecule has 0 spiro atoms. The smallest absolute Gasteiger partial charge is 0.307 e. The van der Waals surface area contributed by atoms with Crippen LogP contribution in [-0.4, -0.2) is 46.3 Å². The molecule has 0 amide bonds. The minimum Gasteiger partial charge on any atom is -0.497 e. The number of benzene rings is 1. The van der Waals surface area contributed by atoms with Crippen molar-refractivity contribution in [1.82, 2.24) is 19.8 Å².